The Labute approximate surface area is 189 Å². The number of anilines is 1. The van der Waals surface area contributed by atoms with Crippen LogP contribution in [0.5, 0.6) is 0 Å². The average molecular weight is 452 g/mol. The Bertz CT molecular complexity index is 1340. The molecule has 0 atom stereocenters. The van der Waals surface area contributed by atoms with Gasteiger partial charge in [-0.1, -0.05) is 20.8 Å². The van der Waals surface area contributed by atoms with E-state index in [2.05, 4.69) is 5.32 Å². The summed E-state index contributed by atoms with van der Waals surface area (Å²) in [6.07, 6.45) is 1.25. The Morgan fingerprint density at radius 2 is 1.88 bits per heavy atom. The van der Waals surface area contributed by atoms with Crippen LogP contribution in [0.15, 0.2) is 44.4 Å². The van der Waals surface area contributed by atoms with E-state index in [0.717, 1.165) is 10.1 Å². The van der Waals surface area contributed by atoms with E-state index < -0.39 is 5.41 Å². The maximum absolute atomic E-state index is 13.4. The highest BCUT2D eigenvalue weighted by molar-refractivity contribution is 7.17. The second-order valence-electron chi connectivity index (χ2n) is 8.02. The van der Waals surface area contributed by atoms with Crippen molar-refractivity contribution in [3.63, 3.8) is 0 Å². The summed E-state index contributed by atoms with van der Waals surface area (Å²) in [7, 11) is 0. The molecule has 0 fully saturated rings. The molecular formula is C25H25NO5S. The minimum atomic E-state index is -0.991. The zero-order valence-corrected chi connectivity index (χ0v) is 19.3. The SMILES string of the molecule is CCC1=C(O)c2c(oc(-c3csc4ccc(NC(C)=O)cc34)cc2=O)C(CC)(CC)C1=O. The van der Waals surface area contributed by atoms with Crippen LogP contribution in [0, 0.1) is 0 Å². The van der Waals surface area contributed by atoms with E-state index in [1.54, 1.807) is 6.92 Å². The number of hydrogen-bond acceptors (Lipinski definition) is 6. The number of carbonyl (C=O) groups excluding carboxylic acids is 2. The summed E-state index contributed by atoms with van der Waals surface area (Å²) in [6.45, 7) is 7.03. The minimum absolute atomic E-state index is 0.0902. The number of ketones is 1. The molecule has 0 saturated heterocycles. The van der Waals surface area contributed by atoms with Crippen molar-refractivity contribution >= 4 is 44.6 Å². The summed E-state index contributed by atoms with van der Waals surface area (Å²) in [5.41, 5.74) is 0.352. The standard InChI is InChI=1S/C25H25NO5S/c1-5-15-22(29)21-18(28)11-19(31-24(21)25(6-2,7-3)23(15)30)17-12-32-20-9-8-14(10-16(17)20)26-13(4)27/h8-12,29H,5-7H2,1-4H3,(H,26,27). The van der Waals surface area contributed by atoms with Crippen molar-refractivity contribution in [1.82, 2.24) is 0 Å². The molecule has 0 spiro atoms. The lowest BCUT2D eigenvalue weighted by Gasteiger charge is -2.35. The Balaban J connectivity index is 1.99. The molecule has 1 aromatic carbocycles. The molecule has 0 saturated carbocycles. The van der Waals surface area contributed by atoms with E-state index in [9.17, 15) is 19.5 Å². The van der Waals surface area contributed by atoms with Gasteiger partial charge in [0, 0.05) is 45.3 Å². The quantitative estimate of drug-likeness (QED) is 0.511. The molecule has 7 heteroatoms. The number of nitrogens with one attached hydrogen (secondary N) is 1. The van der Waals surface area contributed by atoms with Crippen molar-refractivity contribution in [2.75, 3.05) is 5.32 Å². The lowest BCUT2D eigenvalue weighted by molar-refractivity contribution is -0.122. The van der Waals surface area contributed by atoms with E-state index in [4.69, 9.17) is 4.42 Å². The van der Waals surface area contributed by atoms with Crippen LogP contribution in [0.3, 0.4) is 0 Å². The molecule has 2 aromatic heterocycles. The van der Waals surface area contributed by atoms with E-state index >= 15 is 0 Å². The summed E-state index contributed by atoms with van der Waals surface area (Å²) in [5.74, 6) is -0.0506. The molecule has 2 N–H and O–H groups in total. The van der Waals surface area contributed by atoms with Crippen molar-refractivity contribution in [3.8, 4) is 11.3 Å². The van der Waals surface area contributed by atoms with Crippen LogP contribution >= 0.6 is 11.3 Å². The van der Waals surface area contributed by atoms with Gasteiger partial charge in [-0.25, -0.2) is 0 Å². The normalized spacial score (nSPS) is 15.2. The van der Waals surface area contributed by atoms with Crippen LogP contribution < -0.4 is 10.7 Å². The zero-order chi connectivity index (χ0) is 23.2. The van der Waals surface area contributed by atoms with Crippen LogP contribution in [0.2, 0.25) is 0 Å². The van der Waals surface area contributed by atoms with Gasteiger partial charge in [0.15, 0.2) is 11.2 Å². The second-order valence-corrected chi connectivity index (χ2v) is 8.93. The first-order chi connectivity index (χ1) is 15.3. The number of carbonyl (C=O) groups is 2. The first-order valence-electron chi connectivity index (χ1n) is 10.7. The lowest BCUT2D eigenvalue weighted by atomic mass is 9.68. The van der Waals surface area contributed by atoms with Gasteiger partial charge >= 0.3 is 0 Å². The number of hydrogen-bond donors (Lipinski definition) is 2. The fourth-order valence-electron chi connectivity index (χ4n) is 4.56. The van der Waals surface area contributed by atoms with Crippen molar-refractivity contribution in [1.29, 1.82) is 0 Å². The highest BCUT2D eigenvalue weighted by Gasteiger charge is 2.48. The molecule has 1 aliphatic rings. The number of Topliss-reactive ketones (excluding diaryl/α,β-unsaturated/α-hetero) is 1. The monoisotopic (exact) mass is 451 g/mol. The molecule has 0 unspecified atom stereocenters. The predicted octanol–water partition coefficient (Wildman–Crippen LogP) is 5.80. The maximum Gasteiger partial charge on any atom is 0.221 e. The minimum Gasteiger partial charge on any atom is -0.507 e. The van der Waals surface area contributed by atoms with Crippen molar-refractivity contribution in [3.05, 3.63) is 56.8 Å². The molecule has 2 heterocycles. The van der Waals surface area contributed by atoms with Gasteiger partial charge in [0.25, 0.3) is 0 Å². The van der Waals surface area contributed by atoms with Gasteiger partial charge in [-0.2, -0.15) is 0 Å². The first kappa shape index (κ1) is 22.0. The average Bonchev–Trinajstić information content (AvgIpc) is 3.17. The number of rotatable bonds is 5. The molecule has 0 aliphatic heterocycles. The number of aliphatic hydroxyl groups excluding tert-OH is 1. The molecule has 4 rings (SSSR count). The number of allylic oxidation sites excluding steroid dienone is 1. The zero-order valence-electron chi connectivity index (χ0n) is 18.5. The summed E-state index contributed by atoms with van der Waals surface area (Å²) in [6, 6.07) is 6.94. The summed E-state index contributed by atoms with van der Waals surface area (Å²) >= 11 is 1.50. The van der Waals surface area contributed by atoms with Crippen molar-refractivity contribution < 1.29 is 19.1 Å². The largest absolute Gasteiger partial charge is 0.507 e. The third-order valence-corrected chi connectivity index (χ3v) is 7.30. The third-order valence-electron chi connectivity index (χ3n) is 6.33. The smallest absolute Gasteiger partial charge is 0.221 e. The van der Waals surface area contributed by atoms with Crippen LogP contribution in [-0.2, 0) is 15.0 Å². The van der Waals surface area contributed by atoms with Crippen molar-refractivity contribution in [2.45, 2.75) is 52.4 Å². The molecule has 0 bridgehead atoms. The van der Waals surface area contributed by atoms with Crippen LogP contribution in [0.25, 0.3) is 27.2 Å². The fraction of sp³-hybridized carbons (Fsp3) is 0.320. The maximum atomic E-state index is 13.4. The van der Waals surface area contributed by atoms with Crippen LogP contribution in [-0.4, -0.2) is 16.8 Å². The van der Waals surface area contributed by atoms with E-state index in [1.807, 2.05) is 37.4 Å². The Morgan fingerprint density at radius 3 is 2.50 bits per heavy atom. The number of benzene rings is 1. The highest BCUT2D eigenvalue weighted by atomic mass is 32.1. The second kappa shape index (κ2) is 8.06. The summed E-state index contributed by atoms with van der Waals surface area (Å²) in [4.78, 5) is 38.0. The number of fused-ring (bicyclic) bond motifs is 2. The van der Waals surface area contributed by atoms with E-state index in [-0.39, 0.29) is 39.8 Å². The van der Waals surface area contributed by atoms with Crippen molar-refractivity contribution in [2.24, 2.45) is 0 Å². The van der Waals surface area contributed by atoms with Gasteiger partial charge in [0.1, 0.15) is 22.8 Å². The summed E-state index contributed by atoms with van der Waals surface area (Å²) < 4.78 is 7.26. The molecule has 0 radical (unpaired) electrons. The lowest BCUT2D eigenvalue weighted by Crippen LogP contribution is -2.41. The molecule has 32 heavy (non-hydrogen) atoms. The molecule has 3 aromatic rings. The fourth-order valence-corrected chi connectivity index (χ4v) is 5.49. The van der Waals surface area contributed by atoms with Gasteiger partial charge in [-0.05, 0) is 37.5 Å². The van der Waals surface area contributed by atoms with Gasteiger partial charge in [0.05, 0.1) is 5.41 Å². The number of aliphatic hydroxyl groups is 1. The Hall–Kier alpha value is -3.19. The molecule has 1 aliphatic carbocycles. The number of amides is 1. The van der Waals surface area contributed by atoms with Gasteiger partial charge in [-0.15, -0.1) is 11.3 Å². The van der Waals surface area contributed by atoms with Crippen LogP contribution in [0.4, 0.5) is 5.69 Å². The molecule has 166 valence electrons. The van der Waals surface area contributed by atoms with Gasteiger partial charge < -0.3 is 14.8 Å². The summed E-state index contributed by atoms with van der Waals surface area (Å²) in [5, 5.41) is 16.3. The van der Waals surface area contributed by atoms with Crippen LogP contribution in [0.1, 0.15) is 58.3 Å². The third kappa shape index (κ3) is 3.19. The predicted molar refractivity (Wildman–Crippen MR) is 127 cm³/mol. The Kier molecular flexibility index (Phi) is 5.54. The van der Waals surface area contributed by atoms with Gasteiger partial charge in [0.2, 0.25) is 5.91 Å². The topological polar surface area (TPSA) is 96.6 Å². The Morgan fingerprint density at radius 1 is 1.16 bits per heavy atom. The molecular weight excluding hydrogens is 426 g/mol. The first-order valence-corrected chi connectivity index (χ1v) is 11.6. The van der Waals surface area contributed by atoms with E-state index in [0.29, 0.717) is 36.3 Å². The molecule has 6 nitrogen and oxygen atoms in total. The van der Waals surface area contributed by atoms with E-state index in [1.165, 1.54) is 24.3 Å². The molecule has 1 amide bonds. The number of thiophene rings is 1. The highest BCUT2D eigenvalue weighted by Crippen LogP contribution is 2.45. The van der Waals surface area contributed by atoms with Gasteiger partial charge in [-0.3, -0.25) is 14.4 Å².